The molecule has 106 valence electrons. The van der Waals surface area contributed by atoms with E-state index in [1.54, 1.807) is 27.6 Å². The molecule has 0 spiro atoms. The van der Waals surface area contributed by atoms with Crippen LogP contribution in [0.1, 0.15) is 16.7 Å². The first-order valence-corrected chi connectivity index (χ1v) is 7.90. The van der Waals surface area contributed by atoms with Gasteiger partial charge in [0.25, 0.3) is 0 Å². The average Bonchev–Trinajstić information content (AvgIpc) is 3.09. The molecule has 0 fully saturated rings. The van der Waals surface area contributed by atoms with E-state index in [-0.39, 0.29) is 5.91 Å². The number of rotatable bonds is 6. The Kier molecular flexibility index (Phi) is 4.92. The smallest absolute Gasteiger partial charge is 0.315 e. The van der Waals surface area contributed by atoms with Crippen molar-refractivity contribution in [2.75, 3.05) is 0 Å². The second-order valence-electron chi connectivity index (χ2n) is 4.41. The van der Waals surface area contributed by atoms with Crippen LogP contribution in [0.15, 0.2) is 35.0 Å². The van der Waals surface area contributed by atoms with Crippen molar-refractivity contribution in [3.63, 3.8) is 0 Å². The van der Waals surface area contributed by atoms with Crippen LogP contribution in [-0.2, 0) is 22.7 Å². The minimum absolute atomic E-state index is 0.348. The maximum absolute atomic E-state index is 12.3. The first-order valence-electron chi connectivity index (χ1n) is 6.14. The fourth-order valence-corrected chi connectivity index (χ4v) is 3.21. The molecule has 1 N–H and O–H groups in total. The Balaban J connectivity index is 2.14. The molecule has 2 rings (SSSR count). The monoisotopic (exact) mass is 309 g/mol. The van der Waals surface area contributed by atoms with Crippen LogP contribution in [0.2, 0.25) is 0 Å². The van der Waals surface area contributed by atoms with Gasteiger partial charge in [0.15, 0.2) is 0 Å². The van der Waals surface area contributed by atoms with E-state index < -0.39 is 11.9 Å². The van der Waals surface area contributed by atoms with Gasteiger partial charge in [-0.25, -0.2) is 0 Å². The Morgan fingerprint density at radius 3 is 2.00 bits per heavy atom. The van der Waals surface area contributed by atoms with Crippen LogP contribution in [-0.4, -0.2) is 21.9 Å². The van der Waals surface area contributed by atoms with Gasteiger partial charge in [-0.05, 0) is 29.8 Å². The molecule has 0 radical (unpaired) electrons. The van der Waals surface area contributed by atoms with E-state index in [4.69, 9.17) is 5.11 Å². The van der Waals surface area contributed by atoms with Crippen LogP contribution in [0.25, 0.3) is 0 Å². The van der Waals surface area contributed by atoms with E-state index in [1.165, 1.54) is 6.92 Å². The molecule has 0 aromatic carbocycles. The number of carbonyl (C=O) groups excluding carboxylic acids is 1. The van der Waals surface area contributed by atoms with E-state index in [0.29, 0.717) is 13.1 Å². The summed E-state index contributed by atoms with van der Waals surface area (Å²) in [6.07, 6.45) is 0. The lowest BCUT2D eigenvalue weighted by atomic mass is 10.1. The van der Waals surface area contributed by atoms with Gasteiger partial charge in [0.2, 0.25) is 5.91 Å². The summed E-state index contributed by atoms with van der Waals surface area (Å²) in [5.41, 5.74) is 0. The number of aliphatic carboxylic acids is 1. The van der Waals surface area contributed by atoms with E-state index in [0.717, 1.165) is 9.75 Å². The first-order chi connectivity index (χ1) is 9.58. The Morgan fingerprint density at radius 1 is 1.15 bits per heavy atom. The summed E-state index contributed by atoms with van der Waals surface area (Å²) in [6.45, 7) is 2.33. The lowest BCUT2D eigenvalue weighted by Gasteiger charge is -2.23. The largest absolute Gasteiger partial charge is 0.481 e. The number of amides is 1. The highest BCUT2D eigenvalue weighted by atomic mass is 32.1. The Labute approximate surface area is 125 Å². The van der Waals surface area contributed by atoms with Crippen LogP contribution in [0.4, 0.5) is 0 Å². The molecule has 0 aliphatic carbocycles. The molecular formula is C14H15NO3S2. The van der Waals surface area contributed by atoms with Crippen molar-refractivity contribution in [3.8, 4) is 0 Å². The standard InChI is InChI=1S/C14H15NO3S2/c1-10(14(17)18)13(16)15(8-11-4-2-6-19-11)9-12-5-3-7-20-12/h2-7,10H,8-9H2,1H3,(H,17,18). The zero-order chi connectivity index (χ0) is 14.5. The normalized spacial score (nSPS) is 12.1. The third-order valence-corrected chi connectivity index (χ3v) is 4.63. The minimum Gasteiger partial charge on any atom is -0.481 e. The molecule has 1 unspecified atom stereocenters. The van der Waals surface area contributed by atoms with Crippen molar-refractivity contribution >= 4 is 34.6 Å². The third-order valence-electron chi connectivity index (χ3n) is 2.91. The molecule has 4 nitrogen and oxygen atoms in total. The molecular weight excluding hydrogens is 294 g/mol. The van der Waals surface area contributed by atoms with Gasteiger partial charge in [-0.2, -0.15) is 0 Å². The lowest BCUT2D eigenvalue weighted by molar-refractivity contribution is -0.150. The van der Waals surface area contributed by atoms with Crippen molar-refractivity contribution in [1.29, 1.82) is 0 Å². The molecule has 0 aliphatic rings. The Bertz CT molecular complexity index is 527. The van der Waals surface area contributed by atoms with Gasteiger partial charge in [-0.1, -0.05) is 12.1 Å². The summed E-state index contributed by atoms with van der Waals surface area (Å²) < 4.78 is 0. The zero-order valence-corrected chi connectivity index (χ0v) is 12.6. The number of carboxylic acid groups (broad SMARTS) is 1. The van der Waals surface area contributed by atoms with Gasteiger partial charge in [-0.15, -0.1) is 22.7 Å². The molecule has 0 saturated carbocycles. The molecule has 20 heavy (non-hydrogen) atoms. The molecule has 1 amide bonds. The van der Waals surface area contributed by atoms with Gasteiger partial charge >= 0.3 is 5.97 Å². The summed E-state index contributed by atoms with van der Waals surface area (Å²) in [7, 11) is 0. The number of nitrogens with zero attached hydrogens (tertiary/aromatic N) is 1. The van der Waals surface area contributed by atoms with Crippen LogP contribution >= 0.6 is 22.7 Å². The molecule has 0 saturated heterocycles. The van der Waals surface area contributed by atoms with Crippen molar-refractivity contribution in [2.24, 2.45) is 5.92 Å². The predicted octanol–water partition coefficient (Wildman–Crippen LogP) is 3.06. The second kappa shape index (κ2) is 6.67. The van der Waals surface area contributed by atoms with Gasteiger partial charge in [0, 0.05) is 9.75 Å². The molecule has 0 bridgehead atoms. The van der Waals surface area contributed by atoms with Crippen molar-refractivity contribution < 1.29 is 14.7 Å². The number of hydrogen-bond acceptors (Lipinski definition) is 4. The quantitative estimate of drug-likeness (QED) is 0.834. The predicted molar refractivity (Wildman–Crippen MR) is 79.7 cm³/mol. The number of hydrogen-bond donors (Lipinski definition) is 1. The van der Waals surface area contributed by atoms with E-state index >= 15 is 0 Å². The zero-order valence-electron chi connectivity index (χ0n) is 11.0. The summed E-state index contributed by atoms with van der Waals surface area (Å²) >= 11 is 3.13. The Hall–Kier alpha value is -1.66. The summed E-state index contributed by atoms with van der Waals surface area (Å²) in [6, 6.07) is 7.75. The first kappa shape index (κ1) is 14.7. The topological polar surface area (TPSA) is 57.6 Å². The molecule has 2 heterocycles. The lowest BCUT2D eigenvalue weighted by Crippen LogP contribution is -2.37. The summed E-state index contributed by atoms with van der Waals surface area (Å²) in [4.78, 5) is 27.0. The van der Waals surface area contributed by atoms with Gasteiger partial charge in [0.05, 0.1) is 13.1 Å². The van der Waals surface area contributed by atoms with Crippen LogP contribution < -0.4 is 0 Å². The van der Waals surface area contributed by atoms with Crippen molar-refractivity contribution in [1.82, 2.24) is 4.90 Å². The summed E-state index contributed by atoms with van der Waals surface area (Å²) in [5.74, 6) is -2.45. The van der Waals surface area contributed by atoms with E-state index in [1.807, 2.05) is 35.0 Å². The van der Waals surface area contributed by atoms with E-state index in [9.17, 15) is 9.59 Å². The van der Waals surface area contributed by atoms with Crippen molar-refractivity contribution in [2.45, 2.75) is 20.0 Å². The molecule has 2 aromatic rings. The molecule has 1 atom stereocenters. The van der Waals surface area contributed by atoms with Crippen LogP contribution in [0.3, 0.4) is 0 Å². The van der Waals surface area contributed by atoms with Gasteiger partial charge in [0.1, 0.15) is 5.92 Å². The Morgan fingerprint density at radius 2 is 1.65 bits per heavy atom. The van der Waals surface area contributed by atoms with E-state index in [2.05, 4.69) is 0 Å². The SMILES string of the molecule is CC(C(=O)O)C(=O)N(Cc1cccs1)Cc1cccs1. The molecule has 6 heteroatoms. The van der Waals surface area contributed by atoms with Gasteiger partial charge in [-0.3, -0.25) is 9.59 Å². The highest BCUT2D eigenvalue weighted by molar-refractivity contribution is 7.10. The highest BCUT2D eigenvalue weighted by Gasteiger charge is 2.26. The fourth-order valence-electron chi connectivity index (χ4n) is 1.77. The molecule has 0 aliphatic heterocycles. The maximum atomic E-state index is 12.3. The van der Waals surface area contributed by atoms with Crippen LogP contribution in [0, 0.1) is 5.92 Å². The minimum atomic E-state index is -1.09. The maximum Gasteiger partial charge on any atom is 0.315 e. The van der Waals surface area contributed by atoms with Crippen LogP contribution in [0.5, 0.6) is 0 Å². The third kappa shape index (κ3) is 3.68. The van der Waals surface area contributed by atoms with Crippen molar-refractivity contribution in [3.05, 3.63) is 44.8 Å². The number of carbonyl (C=O) groups is 2. The number of thiophene rings is 2. The van der Waals surface area contributed by atoms with Gasteiger partial charge < -0.3 is 10.0 Å². The second-order valence-corrected chi connectivity index (χ2v) is 6.48. The summed E-state index contributed by atoms with van der Waals surface area (Å²) in [5, 5.41) is 12.9. The molecule has 2 aromatic heterocycles. The average molecular weight is 309 g/mol. The number of carboxylic acids is 1. The fraction of sp³-hybridized carbons (Fsp3) is 0.286. The highest BCUT2D eigenvalue weighted by Crippen LogP contribution is 2.19.